The predicted octanol–water partition coefficient (Wildman–Crippen LogP) is 3.22. The summed E-state index contributed by atoms with van der Waals surface area (Å²) in [7, 11) is 0. The Morgan fingerprint density at radius 2 is 1.86 bits per heavy atom. The van der Waals surface area contributed by atoms with Gasteiger partial charge >= 0.3 is 12.0 Å². The van der Waals surface area contributed by atoms with Crippen LogP contribution < -0.4 is 4.74 Å². The van der Waals surface area contributed by atoms with Gasteiger partial charge in [0.1, 0.15) is 5.75 Å². The van der Waals surface area contributed by atoms with Crippen molar-refractivity contribution in [3.8, 4) is 5.75 Å². The van der Waals surface area contributed by atoms with Gasteiger partial charge in [-0.25, -0.2) is 9.59 Å². The molecule has 2 aromatic rings. The molecule has 0 radical (unpaired) electrons. The second kappa shape index (κ2) is 6.65. The van der Waals surface area contributed by atoms with Gasteiger partial charge in [-0.1, -0.05) is 12.1 Å². The summed E-state index contributed by atoms with van der Waals surface area (Å²) >= 11 is 0. The van der Waals surface area contributed by atoms with Crippen molar-refractivity contribution in [1.82, 2.24) is 14.7 Å². The van der Waals surface area contributed by atoms with E-state index in [0.717, 1.165) is 29.2 Å². The Kier molecular flexibility index (Phi) is 4.10. The Hall–Kier alpha value is -2.83. The standard InChI is InChI=1S/C21H23N3O4/c25-20(26)19-6-7-24(22-19)21(27)23-11-15-9-18(10-16(15)12-23)28-17-3-1-2-14(8-17)13-4-5-13/h1-3,6-8,13,15-16,18H,4-5,9-12H2,(H,25,26)/t15-,16+,18?. The number of rotatable bonds is 4. The number of carbonyl (C=O) groups excluding carboxylic acids is 1. The number of carboxylic acid groups (broad SMARTS) is 1. The maximum absolute atomic E-state index is 12.6. The maximum Gasteiger partial charge on any atom is 0.356 e. The van der Waals surface area contributed by atoms with E-state index in [1.807, 2.05) is 6.07 Å². The monoisotopic (exact) mass is 381 g/mol. The van der Waals surface area contributed by atoms with E-state index in [-0.39, 0.29) is 17.8 Å². The number of carboxylic acids is 1. The number of nitrogens with zero attached hydrogens (tertiary/aromatic N) is 3. The first-order valence-corrected chi connectivity index (χ1v) is 9.91. The fraction of sp³-hybridized carbons (Fsp3) is 0.476. The number of fused-ring (bicyclic) bond motifs is 1. The van der Waals surface area contributed by atoms with E-state index in [1.54, 1.807) is 4.90 Å². The third-order valence-corrected chi connectivity index (χ3v) is 6.19. The number of carbonyl (C=O) groups is 2. The average Bonchev–Trinajstić information content (AvgIpc) is 3.09. The lowest BCUT2D eigenvalue weighted by Gasteiger charge is -2.20. The van der Waals surface area contributed by atoms with E-state index in [9.17, 15) is 9.59 Å². The summed E-state index contributed by atoms with van der Waals surface area (Å²) in [6.07, 6.45) is 6.07. The van der Waals surface area contributed by atoms with Gasteiger partial charge in [0.05, 0.1) is 6.10 Å². The molecule has 0 spiro atoms. The van der Waals surface area contributed by atoms with Crippen LogP contribution >= 0.6 is 0 Å². The molecule has 1 aromatic heterocycles. The third kappa shape index (κ3) is 3.25. The van der Waals surface area contributed by atoms with Crippen molar-refractivity contribution in [2.24, 2.45) is 11.8 Å². The molecule has 3 aliphatic rings. The van der Waals surface area contributed by atoms with Gasteiger partial charge in [-0.3, -0.25) is 0 Å². The Bertz CT molecular complexity index is 906. The van der Waals surface area contributed by atoms with Crippen molar-refractivity contribution in [1.29, 1.82) is 0 Å². The molecule has 1 aromatic carbocycles. The van der Waals surface area contributed by atoms with Crippen molar-refractivity contribution in [3.63, 3.8) is 0 Å². The lowest BCUT2D eigenvalue weighted by atomic mass is 10.0. The number of aromatic carboxylic acids is 1. The Morgan fingerprint density at radius 3 is 2.50 bits per heavy atom. The van der Waals surface area contributed by atoms with E-state index >= 15 is 0 Å². The molecular formula is C21H23N3O4. The topological polar surface area (TPSA) is 84.7 Å². The number of ether oxygens (including phenoxy) is 1. The molecule has 7 nitrogen and oxygen atoms in total. The quantitative estimate of drug-likeness (QED) is 0.879. The minimum Gasteiger partial charge on any atom is -0.490 e. The van der Waals surface area contributed by atoms with Crippen LogP contribution in [-0.2, 0) is 0 Å². The zero-order chi connectivity index (χ0) is 19.3. The number of amides is 1. The normalized spacial score (nSPS) is 26.3. The Balaban J connectivity index is 1.18. The Labute approximate surface area is 162 Å². The minimum atomic E-state index is -1.13. The number of hydrogen-bond donors (Lipinski definition) is 1. The smallest absolute Gasteiger partial charge is 0.356 e. The molecule has 7 heteroatoms. The van der Waals surface area contributed by atoms with Gasteiger partial charge in [0.25, 0.3) is 0 Å². The van der Waals surface area contributed by atoms with Gasteiger partial charge in [-0.15, -0.1) is 0 Å². The zero-order valence-corrected chi connectivity index (χ0v) is 15.5. The summed E-state index contributed by atoms with van der Waals surface area (Å²) < 4.78 is 7.38. The molecule has 1 unspecified atom stereocenters. The lowest BCUT2D eigenvalue weighted by molar-refractivity contribution is 0.0690. The van der Waals surface area contributed by atoms with Crippen LogP contribution in [0.3, 0.4) is 0 Å². The van der Waals surface area contributed by atoms with E-state index in [1.165, 1.54) is 30.7 Å². The lowest BCUT2D eigenvalue weighted by Crippen LogP contribution is -2.34. The van der Waals surface area contributed by atoms with Crippen LogP contribution in [-0.4, -0.2) is 51.0 Å². The molecule has 1 saturated heterocycles. The van der Waals surface area contributed by atoms with Crippen LogP contribution in [0.15, 0.2) is 36.5 Å². The SMILES string of the molecule is O=C(O)c1ccn(C(=O)N2C[C@H]3CC(Oc4cccc(C5CC5)c4)C[C@H]3C2)n1. The molecule has 2 saturated carbocycles. The van der Waals surface area contributed by atoms with E-state index in [2.05, 4.69) is 23.3 Å². The number of hydrogen-bond acceptors (Lipinski definition) is 4. The Morgan fingerprint density at radius 1 is 1.11 bits per heavy atom. The molecule has 2 heterocycles. The molecule has 1 aliphatic heterocycles. The molecule has 1 N–H and O–H groups in total. The summed E-state index contributed by atoms with van der Waals surface area (Å²) in [5, 5.41) is 12.8. The molecule has 146 valence electrons. The summed E-state index contributed by atoms with van der Waals surface area (Å²) in [4.78, 5) is 25.3. The largest absolute Gasteiger partial charge is 0.490 e. The highest BCUT2D eigenvalue weighted by Crippen LogP contribution is 2.42. The van der Waals surface area contributed by atoms with E-state index in [0.29, 0.717) is 24.9 Å². The third-order valence-electron chi connectivity index (χ3n) is 6.19. The highest BCUT2D eigenvalue weighted by molar-refractivity contribution is 5.86. The molecule has 3 atom stereocenters. The highest BCUT2D eigenvalue weighted by Gasteiger charge is 2.43. The van der Waals surface area contributed by atoms with Gasteiger partial charge in [0, 0.05) is 19.3 Å². The second-order valence-corrected chi connectivity index (χ2v) is 8.22. The number of likely N-dealkylation sites (tertiary alicyclic amines) is 1. The van der Waals surface area contributed by atoms with Gasteiger partial charge in [-0.2, -0.15) is 9.78 Å². The van der Waals surface area contributed by atoms with Crippen molar-refractivity contribution in [3.05, 3.63) is 47.8 Å². The molecular weight excluding hydrogens is 358 g/mol. The van der Waals surface area contributed by atoms with E-state index in [4.69, 9.17) is 9.84 Å². The first kappa shape index (κ1) is 17.3. The van der Waals surface area contributed by atoms with Crippen LogP contribution in [0.1, 0.15) is 47.7 Å². The van der Waals surface area contributed by atoms with E-state index < -0.39 is 5.97 Å². The summed E-state index contributed by atoms with van der Waals surface area (Å²) in [6.45, 7) is 1.35. The predicted molar refractivity (Wildman–Crippen MR) is 101 cm³/mol. The van der Waals surface area contributed by atoms with Crippen molar-refractivity contribution in [2.45, 2.75) is 37.7 Å². The fourth-order valence-corrected chi connectivity index (χ4v) is 4.64. The van der Waals surface area contributed by atoms with Crippen molar-refractivity contribution >= 4 is 12.0 Å². The number of aromatic nitrogens is 2. The number of benzene rings is 1. The van der Waals surface area contributed by atoms with Crippen LogP contribution in [0, 0.1) is 11.8 Å². The second-order valence-electron chi connectivity index (χ2n) is 8.22. The maximum atomic E-state index is 12.6. The molecule has 3 fully saturated rings. The average molecular weight is 381 g/mol. The zero-order valence-electron chi connectivity index (χ0n) is 15.5. The molecule has 1 amide bonds. The van der Waals surface area contributed by atoms with Gasteiger partial charge in [0.2, 0.25) is 0 Å². The molecule has 5 rings (SSSR count). The minimum absolute atomic E-state index is 0.116. The highest BCUT2D eigenvalue weighted by atomic mass is 16.5. The molecule has 28 heavy (non-hydrogen) atoms. The summed E-state index contributed by atoms with van der Waals surface area (Å²) in [6, 6.07) is 9.57. The van der Waals surface area contributed by atoms with Crippen molar-refractivity contribution in [2.75, 3.05) is 13.1 Å². The summed E-state index contributed by atoms with van der Waals surface area (Å²) in [5.41, 5.74) is 1.27. The fourth-order valence-electron chi connectivity index (χ4n) is 4.64. The van der Waals surface area contributed by atoms with Gasteiger partial charge in [0.15, 0.2) is 5.69 Å². The molecule has 0 bridgehead atoms. The van der Waals surface area contributed by atoms with Crippen LogP contribution in [0.5, 0.6) is 5.75 Å². The van der Waals surface area contributed by atoms with Crippen LogP contribution in [0.4, 0.5) is 4.79 Å². The molecule has 2 aliphatic carbocycles. The van der Waals surface area contributed by atoms with Crippen LogP contribution in [0.25, 0.3) is 0 Å². The first-order valence-electron chi connectivity index (χ1n) is 9.91. The van der Waals surface area contributed by atoms with Gasteiger partial charge in [-0.05, 0) is 67.2 Å². The summed E-state index contributed by atoms with van der Waals surface area (Å²) in [5.74, 6) is 1.40. The van der Waals surface area contributed by atoms with Crippen molar-refractivity contribution < 1.29 is 19.4 Å². The first-order chi connectivity index (χ1) is 13.6. The van der Waals surface area contributed by atoms with Gasteiger partial charge < -0.3 is 14.7 Å². The van der Waals surface area contributed by atoms with Crippen LogP contribution in [0.2, 0.25) is 0 Å².